The summed E-state index contributed by atoms with van der Waals surface area (Å²) in [5.74, 6) is 0.604. The molecule has 0 radical (unpaired) electrons. The lowest BCUT2D eigenvalue weighted by Gasteiger charge is -2.37. The van der Waals surface area contributed by atoms with Crippen molar-refractivity contribution in [2.45, 2.75) is 94.4 Å². The maximum absolute atomic E-state index is 14.4. The van der Waals surface area contributed by atoms with Gasteiger partial charge in [0, 0.05) is 43.1 Å². The van der Waals surface area contributed by atoms with Gasteiger partial charge in [0.15, 0.2) is 17.3 Å². The zero-order valence-corrected chi connectivity index (χ0v) is 33.1. The Kier molecular flexibility index (Phi) is 12.3. The van der Waals surface area contributed by atoms with Crippen molar-refractivity contribution in [2.75, 3.05) is 40.5 Å². The maximum atomic E-state index is 14.4. The van der Waals surface area contributed by atoms with Crippen LogP contribution in [0.3, 0.4) is 0 Å². The normalized spacial score (nSPS) is 29.4. The van der Waals surface area contributed by atoms with Crippen LogP contribution in [0, 0.1) is 17.8 Å². The highest BCUT2D eigenvalue weighted by molar-refractivity contribution is 6.32. The van der Waals surface area contributed by atoms with Crippen LogP contribution < -0.4 is 32.3 Å². The zero-order valence-electron chi connectivity index (χ0n) is 33.1. The van der Waals surface area contributed by atoms with Gasteiger partial charge in [-0.2, -0.15) is 0 Å². The summed E-state index contributed by atoms with van der Waals surface area (Å²) in [6.45, 7) is 4.27. The number of fused-ring (bicyclic) bond motifs is 3. The highest BCUT2D eigenvalue weighted by Crippen LogP contribution is 2.58. The van der Waals surface area contributed by atoms with Crippen LogP contribution in [0.2, 0.25) is 0 Å². The predicted octanol–water partition coefficient (Wildman–Crippen LogP) is 4.33. The molecule has 0 amide bonds. The number of esters is 1. The summed E-state index contributed by atoms with van der Waals surface area (Å²) in [5, 5.41) is 16.9. The number of nitrogens with two attached hydrogens (primary N) is 1. The average molecular weight is 766 g/mol. The molecule has 1 aromatic rings. The molecule has 12 heteroatoms. The molecule has 4 aliphatic carbocycles. The minimum atomic E-state index is -2.03. The molecule has 0 aromatic heterocycles. The second-order valence-electron chi connectivity index (χ2n) is 16.3. The molecule has 6 aliphatic rings. The molecule has 7 rings (SSSR count). The third-order valence-electron chi connectivity index (χ3n) is 12.6. The quantitative estimate of drug-likeness (QED) is 0.0286. The van der Waals surface area contributed by atoms with E-state index in [-0.39, 0.29) is 47.9 Å². The first-order chi connectivity index (χ1) is 27.2. The number of allylic oxidation sites excluding steroid dienone is 3. The SMILES string of the molecule is CN=C(N)NC(CC(C)=CCC12OC1(C(=O)OCC1CC3CCC=CC3=CC1NCC1CCCCC1)C(=O)c1ccccc1C2=O)C1=CCNC(NCNC)=C1. The second-order valence-corrected chi connectivity index (χ2v) is 16.3. The lowest BCUT2D eigenvalue weighted by molar-refractivity contribution is -0.150. The number of dihydropyridines is 1. The Labute approximate surface area is 331 Å². The van der Waals surface area contributed by atoms with Crippen LogP contribution in [0.1, 0.15) is 91.8 Å². The lowest BCUT2D eigenvalue weighted by atomic mass is 9.72. The molecule has 2 heterocycles. The van der Waals surface area contributed by atoms with Gasteiger partial charge in [-0.15, -0.1) is 0 Å². The molecule has 6 unspecified atom stereocenters. The molecule has 6 atom stereocenters. The van der Waals surface area contributed by atoms with Crippen molar-refractivity contribution < 1.29 is 23.9 Å². The number of nitrogens with one attached hydrogen (secondary N) is 5. The second kappa shape index (κ2) is 17.3. The minimum absolute atomic E-state index is 0.0342. The van der Waals surface area contributed by atoms with Gasteiger partial charge in [0.05, 0.1) is 19.3 Å². The summed E-state index contributed by atoms with van der Waals surface area (Å²) in [5.41, 5.74) is 6.20. The topological polar surface area (TPSA) is 172 Å². The van der Waals surface area contributed by atoms with E-state index in [1.54, 1.807) is 31.3 Å². The Bertz CT molecular complexity index is 1860. The number of guanidine groups is 1. The largest absolute Gasteiger partial charge is 0.463 e. The van der Waals surface area contributed by atoms with Crippen molar-refractivity contribution in [3.63, 3.8) is 0 Å². The van der Waals surface area contributed by atoms with Crippen LogP contribution in [-0.2, 0) is 14.3 Å². The summed E-state index contributed by atoms with van der Waals surface area (Å²) in [4.78, 5) is 47.2. The van der Waals surface area contributed by atoms with Gasteiger partial charge in [0.2, 0.25) is 5.78 Å². The Morgan fingerprint density at radius 3 is 2.70 bits per heavy atom. The van der Waals surface area contributed by atoms with Gasteiger partial charge in [-0.3, -0.25) is 14.6 Å². The van der Waals surface area contributed by atoms with Crippen LogP contribution in [0.4, 0.5) is 0 Å². The first-order valence-electron chi connectivity index (χ1n) is 20.5. The van der Waals surface area contributed by atoms with E-state index in [9.17, 15) is 14.4 Å². The van der Waals surface area contributed by atoms with E-state index in [1.165, 1.54) is 37.7 Å². The van der Waals surface area contributed by atoms with Crippen LogP contribution in [0.25, 0.3) is 0 Å². The number of epoxide rings is 1. The molecule has 56 heavy (non-hydrogen) atoms. The standard InChI is InChI=1S/C44H59N7O5/c1-28(21-37(51-42(45)47-3)32-18-20-48-38(24-32)50-27-46-2)17-19-43-39(52)34-15-9-10-16-35(34)40(53)44(43,56-43)41(54)55-26-33-22-30-13-7-8-14-31(30)23-36(33)49-25-29-11-5-4-6-12-29/h8-10,14-18,23-24,29-30,33,36-37,46,48-50H,4-7,11-13,19-22,25-27H2,1-3H3,(H3,45,47,51). The fourth-order valence-corrected chi connectivity index (χ4v) is 9.35. The van der Waals surface area contributed by atoms with E-state index < -0.39 is 23.0 Å². The van der Waals surface area contributed by atoms with Gasteiger partial charge in [0.1, 0.15) is 5.82 Å². The molecule has 0 spiro atoms. The average Bonchev–Trinajstić information content (AvgIpc) is 3.94. The smallest absolute Gasteiger partial charge is 0.350 e. The van der Waals surface area contributed by atoms with Crippen molar-refractivity contribution in [1.29, 1.82) is 0 Å². The molecular weight excluding hydrogens is 707 g/mol. The molecule has 0 bridgehead atoms. The molecule has 2 fully saturated rings. The summed E-state index contributed by atoms with van der Waals surface area (Å²) in [6, 6.07) is 6.49. The van der Waals surface area contributed by atoms with Gasteiger partial charge in [-0.25, -0.2) is 4.79 Å². The van der Waals surface area contributed by atoms with Gasteiger partial charge in [-0.05, 0) is 88.1 Å². The molecule has 12 nitrogen and oxygen atoms in total. The summed E-state index contributed by atoms with van der Waals surface area (Å²) in [7, 11) is 3.50. The van der Waals surface area contributed by atoms with Crippen molar-refractivity contribution in [2.24, 2.45) is 28.5 Å². The number of aliphatic imine (C=N–C) groups is 1. The summed E-state index contributed by atoms with van der Waals surface area (Å²) >= 11 is 0. The van der Waals surface area contributed by atoms with E-state index in [0.717, 1.165) is 42.8 Å². The number of hydrogen-bond acceptors (Lipinski definition) is 10. The Morgan fingerprint density at radius 1 is 1.14 bits per heavy atom. The number of ketones is 2. The van der Waals surface area contributed by atoms with Crippen LogP contribution in [0.5, 0.6) is 0 Å². The number of ether oxygens (including phenoxy) is 2. The molecule has 1 aromatic carbocycles. The predicted molar refractivity (Wildman–Crippen MR) is 218 cm³/mol. The molecule has 2 aliphatic heterocycles. The number of carbonyl (C=O) groups excluding carboxylic acids is 3. The number of hydrogen-bond donors (Lipinski definition) is 6. The highest BCUT2D eigenvalue weighted by Gasteiger charge is 2.85. The monoisotopic (exact) mass is 765 g/mol. The Morgan fingerprint density at radius 2 is 1.93 bits per heavy atom. The third kappa shape index (κ3) is 8.01. The van der Waals surface area contributed by atoms with Crippen molar-refractivity contribution >= 4 is 23.5 Å². The number of benzene rings is 1. The van der Waals surface area contributed by atoms with E-state index in [0.29, 0.717) is 37.4 Å². The molecule has 7 N–H and O–H groups in total. The zero-order chi connectivity index (χ0) is 39.3. The number of carbonyl (C=O) groups is 3. The fraction of sp³-hybridized carbons (Fsp3) is 0.545. The summed E-state index contributed by atoms with van der Waals surface area (Å²) < 4.78 is 12.4. The van der Waals surface area contributed by atoms with Crippen molar-refractivity contribution in [1.82, 2.24) is 26.6 Å². The van der Waals surface area contributed by atoms with E-state index in [2.05, 4.69) is 55.9 Å². The molecule has 1 saturated carbocycles. The minimum Gasteiger partial charge on any atom is -0.463 e. The van der Waals surface area contributed by atoms with Crippen molar-refractivity contribution in [3.8, 4) is 0 Å². The van der Waals surface area contributed by atoms with Crippen LogP contribution >= 0.6 is 0 Å². The maximum Gasteiger partial charge on any atom is 0.350 e. The highest BCUT2D eigenvalue weighted by atomic mass is 16.7. The number of Topliss-reactive ketones (excluding diaryl/α,β-unsaturated/α-hetero) is 2. The van der Waals surface area contributed by atoms with Crippen LogP contribution in [-0.4, -0.2) is 87.2 Å². The van der Waals surface area contributed by atoms with Gasteiger partial charge < -0.3 is 41.8 Å². The van der Waals surface area contributed by atoms with Gasteiger partial charge >= 0.3 is 5.97 Å². The molecule has 1 saturated heterocycles. The third-order valence-corrected chi connectivity index (χ3v) is 12.6. The Balaban J connectivity index is 1.10. The number of nitrogens with zero attached hydrogens (tertiary/aromatic N) is 1. The first-order valence-corrected chi connectivity index (χ1v) is 20.5. The molecule has 300 valence electrons. The fourth-order valence-electron chi connectivity index (χ4n) is 9.35. The van der Waals surface area contributed by atoms with E-state index >= 15 is 0 Å². The van der Waals surface area contributed by atoms with Gasteiger partial charge in [0.25, 0.3) is 5.60 Å². The Hall–Kier alpha value is -4.52. The molecular formula is C44H59N7O5. The van der Waals surface area contributed by atoms with Crippen molar-refractivity contribution in [3.05, 3.63) is 94.4 Å². The van der Waals surface area contributed by atoms with E-state index in [1.807, 2.05) is 26.1 Å². The lowest BCUT2D eigenvalue weighted by Crippen LogP contribution is -2.51. The van der Waals surface area contributed by atoms with Gasteiger partial charge in [-0.1, -0.05) is 79.5 Å². The first kappa shape index (κ1) is 39.7. The summed E-state index contributed by atoms with van der Waals surface area (Å²) in [6.07, 6.45) is 22.8. The van der Waals surface area contributed by atoms with E-state index in [4.69, 9.17) is 15.2 Å². The van der Waals surface area contributed by atoms with Crippen LogP contribution in [0.15, 0.2) is 88.3 Å². The number of rotatable bonds is 15.